The first-order chi connectivity index (χ1) is 18.4. The third-order valence-electron chi connectivity index (χ3n) is 6.68. The van der Waals surface area contributed by atoms with E-state index in [0.29, 0.717) is 38.7 Å². The second-order valence-corrected chi connectivity index (χ2v) is 9.69. The number of anilines is 3. The molecule has 38 heavy (non-hydrogen) atoms. The van der Waals surface area contributed by atoms with E-state index < -0.39 is 0 Å². The van der Waals surface area contributed by atoms with Crippen molar-refractivity contribution in [1.29, 1.82) is 0 Å². The summed E-state index contributed by atoms with van der Waals surface area (Å²) >= 11 is 13.5. The first-order valence-corrected chi connectivity index (χ1v) is 12.8. The van der Waals surface area contributed by atoms with Gasteiger partial charge >= 0.3 is 0 Å². The summed E-state index contributed by atoms with van der Waals surface area (Å²) in [6.45, 7) is 5.49. The van der Waals surface area contributed by atoms with E-state index in [-0.39, 0.29) is 5.91 Å². The lowest BCUT2D eigenvalue weighted by atomic mass is 9.87. The van der Waals surface area contributed by atoms with Crippen molar-refractivity contribution in [1.82, 2.24) is 9.97 Å². The van der Waals surface area contributed by atoms with Crippen LogP contribution in [0.25, 0.3) is 22.0 Å². The molecule has 4 aromatic rings. The fraction of sp³-hybridized carbons (Fsp3) is 0.207. The molecular formula is C29H26Cl2N4O3. The van der Waals surface area contributed by atoms with Crippen LogP contribution in [0.2, 0.25) is 10.0 Å². The summed E-state index contributed by atoms with van der Waals surface area (Å²) in [5, 5.41) is 8.02. The number of carbonyl (C=O) groups excluding carboxylic acids is 1. The quantitative estimate of drug-likeness (QED) is 0.236. The monoisotopic (exact) mass is 548 g/mol. The van der Waals surface area contributed by atoms with E-state index in [9.17, 15) is 4.79 Å². The van der Waals surface area contributed by atoms with Crippen LogP contribution >= 0.6 is 23.2 Å². The molecule has 1 aliphatic carbocycles. The Balaban J connectivity index is 1.64. The standard InChI is InChI=1S/C29H26Cl2N4O3/c1-5-23(36)32-20-11-6-8-15(2)28(20)35-29-33-18-10-7-9-16-17(12-13-19(34-29)24(16)18)25-26(30)21(37-3)14-22(38-4)27(25)31/h5-6,8,11-14H,1,7,9-10H2,2-4H3,(H,32,36)(H,33,34,35). The van der Waals surface area contributed by atoms with Crippen molar-refractivity contribution in [2.45, 2.75) is 26.2 Å². The first kappa shape index (κ1) is 25.8. The minimum atomic E-state index is -0.295. The average Bonchev–Trinajstić information content (AvgIpc) is 2.92. The zero-order chi connectivity index (χ0) is 27.0. The van der Waals surface area contributed by atoms with Crippen LogP contribution in [0.1, 0.15) is 23.2 Å². The molecule has 0 unspecified atom stereocenters. The summed E-state index contributed by atoms with van der Waals surface area (Å²) in [4.78, 5) is 21.7. The number of rotatable bonds is 7. The van der Waals surface area contributed by atoms with Crippen LogP contribution in [-0.4, -0.2) is 30.1 Å². The van der Waals surface area contributed by atoms with Crippen molar-refractivity contribution in [3.05, 3.63) is 75.9 Å². The van der Waals surface area contributed by atoms with Gasteiger partial charge < -0.3 is 20.1 Å². The van der Waals surface area contributed by atoms with Crippen LogP contribution in [-0.2, 0) is 17.6 Å². The lowest BCUT2D eigenvalue weighted by Gasteiger charge is -2.23. The molecular weight excluding hydrogens is 523 g/mol. The number of ether oxygens (including phenoxy) is 2. The molecule has 1 aliphatic rings. The molecule has 2 N–H and O–H groups in total. The van der Waals surface area contributed by atoms with Crippen molar-refractivity contribution in [3.8, 4) is 22.6 Å². The van der Waals surface area contributed by atoms with E-state index in [1.165, 1.54) is 6.08 Å². The predicted octanol–water partition coefficient (Wildman–Crippen LogP) is 7.29. The van der Waals surface area contributed by atoms with E-state index in [1.54, 1.807) is 20.3 Å². The van der Waals surface area contributed by atoms with Gasteiger partial charge in [-0.05, 0) is 61.1 Å². The zero-order valence-corrected chi connectivity index (χ0v) is 22.8. The molecule has 0 bridgehead atoms. The minimum Gasteiger partial charge on any atom is -0.495 e. The molecule has 5 rings (SSSR count). The van der Waals surface area contributed by atoms with Crippen molar-refractivity contribution in [3.63, 3.8) is 0 Å². The molecule has 0 atom stereocenters. The molecule has 0 saturated heterocycles. The number of halogens is 2. The lowest BCUT2D eigenvalue weighted by Crippen LogP contribution is -2.12. The fourth-order valence-electron chi connectivity index (χ4n) is 4.89. The number of aryl methyl sites for hydroxylation is 3. The molecule has 7 nitrogen and oxygen atoms in total. The predicted molar refractivity (Wildman–Crippen MR) is 153 cm³/mol. The summed E-state index contributed by atoms with van der Waals surface area (Å²) in [5.74, 6) is 1.13. The van der Waals surface area contributed by atoms with Crippen LogP contribution in [0.4, 0.5) is 17.3 Å². The normalized spacial score (nSPS) is 12.2. The molecule has 0 saturated carbocycles. The summed E-state index contributed by atoms with van der Waals surface area (Å²) in [6.07, 6.45) is 3.79. The van der Waals surface area contributed by atoms with Crippen molar-refractivity contribution >= 4 is 57.3 Å². The highest BCUT2D eigenvalue weighted by molar-refractivity contribution is 6.41. The van der Waals surface area contributed by atoms with Gasteiger partial charge in [0.1, 0.15) is 11.5 Å². The van der Waals surface area contributed by atoms with Crippen LogP contribution in [0.15, 0.2) is 49.1 Å². The Morgan fingerprint density at radius 3 is 2.47 bits per heavy atom. The molecule has 0 fully saturated rings. The summed E-state index contributed by atoms with van der Waals surface area (Å²) in [6, 6.07) is 11.3. The Bertz CT molecular complexity index is 1580. The molecule has 1 aromatic heterocycles. The van der Waals surface area contributed by atoms with E-state index >= 15 is 0 Å². The van der Waals surface area contributed by atoms with E-state index in [4.69, 9.17) is 42.6 Å². The highest BCUT2D eigenvalue weighted by Gasteiger charge is 2.25. The maximum Gasteiger partial charge on any atom is 0.247 e. The Labute approximate surface area is 230 Å². The first-order valence-electron chi connectivity index (χ1n) is 12.1. The van der Waals surface area contributed by atoms with Gasteiger partial charge in [0.25, 0.3) is 0 Å². The number of carbonyl (C=O) groups is 1. The van der Waals surface area contributed by atoms with Gasteiger partial charge in [-0.15, -0.1) is 0 Å². The molecule has 194 valence electrons. The molecule has 3 aromatic carbocycles. The maximum atomic E-state index is 12.0. The zero-order valence-electron chi connectivity index (χ0n) is 21.2. The molecule has 0 radical (unpaired) electrons. The number of benzene rings is 3. The van der Waals surface area contributed by atoms with Gasteiger partial charge in [-0.1, -0.05) is 48.0 Å². The summed E-state index contributed by atoms with van der Waals surface area (Å²) in [7, 11) is 3.12. The number of methoxy groups -OCH3 is 2. The Morgan fingerprint density at radius 2 is 1.79 bits per heavy atom. The topological polar surface area (TPSA) is 85.4 Å². The van der Waals surface area contributed by atoms with Gasteiger partial charge in [0.2, 0.25) is 11.9 Å². The number of hydrogen-bond donors (Lipinski definition) is 2. The average molecular weight is 549 g/mol. The number of nitrogens with zero attached hydrogens (tertiary/aromatic N) is 2. The van der Waals surface area contributed by atoms with E-state index in [2.05, 4.69) is 17.2 Å². The van der Waals surface area contributed by atoms with Crippen LogP contribution in [0, 0.1) is 6.92 Å². The minimum absolute atomic E-state index is 0.295. The van der Waals surface area contributed by atoms with Crippen molar-refractivity contribution in [2.75, 3.05) is 24.9 Å². The maximum absolute atomic E-state index is 12.0. The molecule has 9 heteroatoms. The largest absolute Gasteiger partial charge is 0.495 e. The second kappa shape index (κ2) is 10.5. The Kier molecular flexibility index (Phi) is 7.15. The van der Waals surface area contributed by atoms with Crippen LogP contribution in [0.3, 0.4) is 0 Å². The third kappa shape index (κ3) is 4.52. The van der Waals surface area contributed by atoms with Gasteiger partial charge in [0.15, 0.2) is 0 Å². The van der Waals surface area contributed by atoms with E-state index in [1.807, 2.05) is 37.3 Å². The van der Waals surface area contributed by atoms with E-state index in [0.717, 1.165) is 58.2 Å². The van der Waals surface area contributed by atoms with Gasteiger partial charge in [-0.2, -0.15) is 0 Å². The highest BCUT2D eigenvalue weighted by atomic mass is 35.5. The van der Waals surface area contributed by atoms with Crippen LogP contribution in [0.5, 0.6) is 11.5 Å². The Morgan fingerprint density at radius 1 is 1.05 bits per heavy atom. The van der Waals surface area contributed by atoms with Gasteiger partial charge in [-0.3, -0.25) is 4.79 Å². The van der Waals surface area contributed by atoms with Crippen molar-refractivity contribution < 1.29 is 14.3 Å². The summed E-state index contributed by atoms with van der Waals surface area (Å²) < 4.78 is 11.0. The lowest BCUT2D eigenvalue weighted by molar-refractivity contribution is -0.111. The number of para-hydroxylation sites is 1. The molecule has 1 heterocycles. The number of amides is 1. The van der Waals surface area contributed by atoms with Gasteiger partial charge in [-0.25, -0.2) is 9.97 Å². The number of aromatic nitrogens is 2. The third-order valence-corrected chi connectivity index (χ3v) is 7.43. The fourth-order valence-corrected chi connectivity index (χ4v) is 5.60. The van der Waals surface area contributed by atoms with Gasteiger partial charge in [0.05, 0.1) is 46.9 Å². The summed E-state index contributed by atoms with van der Waals surface area (Å²) in [5.41, 5.74) is 6.70. The SMILES string of the molecule is C=CC(=O)Nc1cccc(C)c1Nc1nc2c3c(c(-c4c(Cl)c(OC)cc(OC)c4Cl)ccc3n1)CCC2. The second-order valence-electron chi connectivity index (χ2n) is 8.93. The number of nitrogens with one attached hydrogen (secondary N) is 2. The smallest absolute Gasteiger partial charge is 0.247 e. The molecule has 1 amide bonds. The Hall–Kier alpha value is -3.81. The number of hydrogen-bond acceptors (Lipinski definition) is 6. The van der Waals surface area contributed by atoms with Crippen molar-refractivity contribution in [2.24, 2.45) is 0 Å². The molecule has 0 aliphatic heterocycles. The van der Waals surface area contributed by atoms with Crippen LogP contribution < -0.4 is 20.1 Å². The highest BCUT2D eigenvalue weighted by Crippen LogP contribution is 2.48. The van der Waals surface area contributed by atoms with Gasteiger partial charge in [0, 0.05) is 17.0 Å². The molecule has 0 spiro atoms.